The zero-order valence-corrected chi connectivity index (χ0v) is 22.3. The molecule has 0 spiro atoms. The molecule has 0 bridgehead atoms. The van der Waals surface area contributed by atoms with Crippen LogP contribution in [-0.4, -0.2) is 0 Å². The predicted octanol–water partition coefficient (Wildman–Crippen LogP) is 11.6. The Morgan fingerprint density at radius 3 is 1.82 bits per heavy atom. The molecular formula is C38H22OS. The molecule has 0 saturated heterocycles. The Kier molecular flexibility index (Phi) is 4.55. The average molecular weight is 527 g/mol. The van der Waals surface area contributed by atoms with Crippen molar-refractivity contribution in [1.82, 2.24) is 0 Å². The quantitative estimate of drug-likeness (QED) is 0.204. The molecule has 0 aliphatic rings. The topological polar surface area (TPSA) is 13.1 Å². The van der Waals surface area contributed by atoms with E-state index in [2.05, 4.69) is 127 Å². The Bertz CT molecular complexity index is 2380. The Balaban J connectivity index is 1.44. The Hall–Kier alpha value is -4.92. The molecule has 2 heterocycles. The fourth-order valence-corrected chi connectivity index (χ4v) is 7.75. The van der Waals surface area contributed by atoms with Gasteiger partial charge in [-0.15, -0.1) is 11.3 Å². The van der Waals surface area contributed by atoms with Gasteiger partial charge < -0.3 is 4.42 Å². The van der Waals surface area contributed by atoms with Gasteiger partial charge in [-0.05, 0) is 78.8 Å². The lowest BCUT2D eigenvalue weighted by Crippen LogP contribution is -1.91. The molecule has 0 aliphatic heterocycles. The highest BCUT2D eigenvalue weighted by Crippen LogP contribution is 2.48. The molecule has 0 aliphatic carbocycles. The average Bonchev–Trinajstić information content (AvgIpc) is 3.64. The summed E-state index contributed by atoms with van der Waals surface area (Å²) in [6.07, 6.45) is 1.84. The van der Waals surface area contributed by atoms with Gasteiger partial charge in [-0.25, -0.2) is 0 Å². The van der Waals surface area contributed by atoms with Crippen LogP contribution in [0.2, 0.25) is 0 Å². The molecule has 0 amide bonds. The maximum atomic E-state index is 6.22. The first-order chi connectivity index (χ1) is 19.8. The summed E-state index contributed by atoms with van der Waals surface area (Å²) in [5, 5.41) is 11.2. The van der Waals surface area contributed by atoms with Gasteiger partial charge in [0, 0.05) is 25.6 Å². The third-order valence-electron chi connectivity index (χ3n) is 8.32. The lowest BCUT2D eigenvalue weighted by Gasteiger charge is -2.18. The zero-order valence-electron chi connectivity index (χ0n) is 21.5. The summed E-state index contributed by atoms with van der Waals surface area (Å²) in [6, 6.07) is 46.4. The Morgan fingerprint density at radius 1 is 0.450 bits per heavy atom. The maximum Gasteiger partial charge on any atom is 0.143 e. The number of benzene rings is 7. The zero-order chi connectivity index (χ0) is 26.2. The largest absolute Gasteiger partial charge is 0.464 e. The van der Waals surface area contributed by atoms with E-state index < -0.39 is 0 Å². The van der Waals surface area contributed by atoms with E-state index in [4.69, 9.17) is 4.42 Å². The minimum atomic E-state index is 0.969. The van der Waals surface area contributed by atoms with E-state index in [0.29, 0.717) is 0 Å². The van der Waals surface area contributed by atoms with Crippen LogP contribution in [0.5, 0.6) is 0 Å². The summed E-state index contributed by atoms with van der Waals surface area (Å²) in [5.74, 6) is 0. The van der Waals surface area contributed by atoms with Crippen LogP contribution in [0, 0.1) is 0 Å². The first-order valence-electron chi connectivity index (χ1n) is 13.6. The van der Waals surface area contributed by atoms with Gasteiger partial charge in [-0.2, -0.15) is 0 Å². The predicted molar refractivity (Wildman–Crippen MR) is 172 cm³/mol. The molecule has 0 N–H and O–H groups in total. The van der Waals surface area contributed by atoms with Crippen molar-refractivity contribution in [2.24, 2.45) is 0 Å². The lowest BCUT2D eigenvalue weighted by atomic mass is 9.84. The standard InChI is InChI=1S/C38H22OS/c1-2-10-24-21-25(18-17-23(24)9-1)35-26-11-3-5-13-28(26)36(29-14-6-4-12-27(29)35)32-22-34-37(38-30(32)19-20-39-38)31-15-7-8-16-33(31)40-34/h1-22H. The maximum absolute atomic E-state index is 6.22. The van der Waals surface area contributed by atoms with Crippen LogP contribution in [-0.2, 0) is 0 Å². The number of hydrogen-bond acceptors (Lipinski definition) is 2. The van der Waals surface area contributed by atoms with E-state index in [-0.39, 0.29) is 0 Å². The smallest absolute Gasteiger partial charge is 0.143 e. The highest BCUT2D eigenvalue weighted by atomic mass is 32.1. The van der Waals surface area contributed by atoms with Crippen molar-refractivity contribution in [3.63, 3.8) is 0 Å². The summed E-state index contributed by atoms with van der Waals surface area (Å²) < 4.78 is 8.77. The molecule has 9 rings (SSSR count). The van der Waals surface area contributed by atoms with Crippen LogP contribution in [0.3, 0.4) is 0 Å². The number of fused-ring (bicyclic) bond motifs is 8. The minimum Gasteiger partial charge on any atom is -0.464 e. The molecule has 7 aromatic carbocycles. The van der Waals surface area contributed by atoms with E-state index in [1.807, 2.05) is 17.6 Å². The molecule has 0 fully saturated rings. The third kappa shape index (κ3) is 3.03. The first-order valence-corrected chi connectivity index (χ1v) is 14.4. The molecule has 2 heteroatoms. The second-order valence-corrected chi connectivity index (χ2v) is 11.5. The van der Waals surface area contributed by atoms with Crippen LogP contribution in [0.15, 0.2) is 138 Å². The van der Waals surface area contributed by atoms with Gasteiger partial charge in [-0.1, -0.05) is 103 Å². The molecule has 2 aromatic heterocycles. The second kappa shape index (κ2) is 8.29. The fraction of sp³-hybridized carbons (Fsp3) is 0. The van der Waals surface area contributed by atoms with E-state index in [0.717, 1.165) is 11.0 Å². The number of hydrogen-bond donors (Lipinski definition) is 0. The fourth-order valence-electron chi connectivity index (χ4n) is 6.61. The van der Waals surface area contributed by atoms with Gasteiger partial charge in [0.05, 0.1) is 6.26 Å². The van der Waals surface area contributed by atoms with Gasteiger partial charge in [0.15, 0.2) is 0 Å². The highest BCUT2D eigenvalue weighted by Gasteiger charge is 2.21. The minimum absolute atomic E-state index is 0.969. The van der Waals surface area contributed by atoms with Crippen molar-refractivity contribution in [3.8, 4) is 22.3 Å². The summed E-state index contributed by atoms with van der Waals surface area (Å²) in [4.78, 5) is 0. The highest BCUT2D eigenvalue weighted by molar-refractivity contribution is 7.26. The van der Waals surface area contributed by atoms with Gasteiger partial charge in [0.2, 0.25) is 0 Å². The Morgan fingerprint density at radius 2 is 1.07 bits per heavy atom. The lowest BCUT2D eigenvalue weighted by molar-refractivity contribution is 0.619. The molecule has 0 saturated carbocycles. The van der Waals surface area contributed by atoms with Crippen molar-refractivity contribution in [3.05, 3.63) is 134 Å². The molecule has 186 valence electrons. The van der Waals surface area contributed by atoms with Crippen LogP contribution >= 0.6 is 11.3 Å². The summed E-state index contributed by atoms with van der Waals surface area (Å²) >= 11 is 1.84. The van der Waals surface area contributed by atoms with E-state index in [1.54, 1.807) is 0 Å². The normalized spacial score (nSPS) is 12.0. The third-order valence-corrected chi connectivity index (χ3v) is 9.44. The van der Waals surface area contributed by atoms with Gasteiger partial charge >= 0.3 is 0 Å². The van der Waals surface area contributed by atoms with Crippen molar-refractivity contribution < 1.29 is 4.42 Å². The van der Waals surface area contributed by atoms with E-state index >= 15 is 0 Å². The van der Waals surface area contributed by atoms with Crippen LogP contribution < -0.4 is 0 Å². The molecular weight excluding hydrogens is 504 g/mol. The van der Waals surface area contributed by atoms with Crippen molar-refractivity contribution in [1.29, 1.82) is 0 Å². The molecule has 0 unspecified atom stereocenters. The van der Waals surface area contributed by atoms with Crippen molar-refractivity contribution >= 4 is 74.8 Å². The molecule has 0 radical (unpaired) electrons. The molecule has 40 heavy (non-hydrogen) atoms. The monoisotopic (exact) mass is 526 g/mol. The number of thiophene rings is 1. The SMILES string of the molecule is c1ccc2cc(-c3c4ccccc4c(-c4cc5sc6ccccc6c5c5occc45)c4ccccc34)ccc2c1. The van der Waals surface area contributed by atoms with Crippen LogP contribution in [0.1, 0.15) is 0 Å². The van der Waals surface area contributed by atoms with Gasteiger partial charge in [-0.3, -0.25) is 0 Å². The number of rotatable bonds is 2. The second-order valence-electron chi connectivity index (χ2n) is 10.5. The summed E-state index contributed by atoms with van der Waals surface area (Å²) in [6.45, 7) is 0. The first kappa shape index (κ1) is 22.0. The summed E-state index contributed by atoms with van der Waals surface area (Å²) in [5.41, 5.74) is 5.98. The van der Waals surface area contributed by atoms with Crippen LogP contribution in [0.25, 0.3) is 85.7 Å². The van der Waals surface area contributed by atoms with Crippen molar-refractivity contribution in [2.75, 3.05) is 0 Å². The van der Waals surface area contributed by atoms with Gasteiger partial charge in [0.1, 0.15) is 5.58 Å². The molecule has 1 nitrogen and oxygen atoms in total. The summed E-state index contributed by atoms with van der Waals surface area (Å²) in [7, 11) is 0. The van der Waals surface area contributed by atoms with E-state index in [9.17, 15) is 0 Å². The molecule has 0 atom stereocenters. The van der Waals surface area contributed by atoms with E-state index in [1.165, 1.54) is 74.7 Å². The van der Waals surface area contributed by atoms with Crippen LogP contribution in [0.4, 0.5) is 0 Å². The van der Waals surface area contributed by atoms with Crippen molar-refractivity contribution in [2.45, 2.75) is 0 Å². The Labute approximate surface area is 234 Å². The number of furan rings is 1. The molecule has 9 aromatic rings. The van der Waals surface area contributed by atoms with Gasteiger partial charge in [0.25, 0.3) is 0 Å².